The van der Waals surface area contributed by atoms with Gasteiger partial charge in [0.25, 0.3) is 0 Å². The summed E-state index contributed by atoms with van der Waals surface area (Å²) in [6, 6.07) is 8.26. The van der Waals surface area contributed by atoms with Gasteiger partial charge in [0.05, 0.1) is 11.4 Å². The van der Waals surface area contributed by atoms with Gasteiger partial charge in [0.1, 0.15) is 0 Å². The number of hydrogen-bond donors (Lipinski definition) is 1. The Morgan fingerprint density at radius 2 is 2.19 bits per heavy atom. The molecule has 0 aliphatic carbocycles. The van der Waals surface area contributed by atoms with Crippen LogP contribution in [0.4, 0.5) is 0 Å². The largest absolute Gasteiger partial charge is 0.316 e. The third-order valence-electron chi connectivity index (χ3n) is 2.39. The van der Waals surface area contributed by atoms with E-state index in [1.807, 2.05) is 30.9 Å². The number of nitrogens with one attached hydrogen (secondary N) is 1. The van der Waals surface area contributed by atoms with Crippen molar-refractivity contribution in [2.45, 2.75) is 13.5 Å². The number of benzene rings is 1. The van der Waals surface area contributed by atoms with E-state index in [-0.39, 0.29) is 0 Å². The summed E-state index contributed by atoms with van der Waals surface area (Å²) in [6.45, 7) is 2.85. The van der Waals surface area contributed by atoms with E-state index in [4.69, 9.17) is 0 Å². The molecular weight excluding hydrogens is 266 g/mol. The first-order chi connectivity index (χ1) is 7.70. The number of aromatic nitrogens is 2. The molecule has 0 radical (unpaired) electrons. The fourth-order valence-electron chi connectivity index (χ4n) is 1.57. The van der Waals surface area contributed by atoms with Crippen LogP contribution in [0.15, 0.2) is 34.9 Å². The first-order valence-electron chi connectivity index (χ1n) is 5.16. The minimum atomic E-state index is 0.860. The maximum Gasteiger partial charge on any atom is 0.0657 e. The van der Waals surface area contributed by atoms with Crippen molar-refractivity contribution >= 4 is 15.9 Å². The molecule has 1 aromatic carbocycles. The fraction of sp³-hybridized carbons (Fsp3) is 0.250. The molecule has 0 saturated heterocycles. The van der Waals surface area contributed by atoms with E-state index in [9.17, 15) is 0 Å². The van der Waals surface area contributed by atoms with Gasteiger partial charge in [0.2, 0.25) is 0 Å². The molecule has 1 heterocycles. The fourth-order valence-corrected chi connectivity index (χ4v) is 2.08. The van der Waals surface area contributed by atoms with Gasteiger partial charge in [-0.1, -0.05) is 22.0 Å². The lowest BCUT2D eigenvalue weighted by atomic mass is 10.2. The maximum atomic E-state index is 4.38. The Labute approximate surface area is 104 Å². The summed E-state index contributed by atoms with van der Waals surface area (Å²) in [4.78, 5) is 0. The molecule has 16 heavy (non-hydrogen) atoms. The van der Waals surface area contributed by atoms with Crippen molar-refractivity contribution in [1.82, 2.24) is 15.1 Å². The monoisotopic (exact) mass is 279 g/mol. The summed E-state index contributed by atoms with van der Waals surface area (Å²) < 4.78 is 2.98. The second-order valence-electron chi connectivity index (χ2n) is 3.71. The van der Waals surface area contributed by atoms with E-state index in [2.05, 4.69) is 44.5 Å². The van der Waals surface area contributed by atoms with Crippen LogP contribution >= 0.6 is 15.9 Å². The van der Waals surface area contributed by atoms with Gasteiger partial charge >= 0.3 is 0 Å². The summed E-state index contributed by atoms with van der Waals surface area (Å²) in [5, 5.41) is 7.51. The zero-order chi connectivity index (χ0) is 11.5. The Morgan fingerprint density at radius 1 is 1.38 bits per heavy atom. The zero-order valence-corrected chi connectivity index (χ0v) is 11.0. The number of rotatable bonds is 3. The van der Waals surface area contributed by atoms with Crippen molar-refractivity contribution in [3.05, 3.63) is 46.2 Å². The van der Waals surface area contributed by atoms with Crippen LogP contribution in [-0.2, 0) is 6.54 Å². The van der Waals surface area contributed by atoms with Gasteiger partial charge in [0.15, 0.2) is 0 Å². The van der Waals surface area contributed by atoms with Gasteiger partial charge in [-0.2, -0.15) is 5.10 Å². The SMILES string of the molecule is CNCc1ccc(-n2ccc(C)n2)cc1Br. The summed E-state index contributed by atoms with van der Waals surface area (Å²) in [5.74, 6) is 0. The van der Waals surface area contributed by atoms with Gasteiger partial charge in [-0.25, -0.2) is 4.68 Å². The zero-order valence-electron chi connectivity index (χ0n) is 9.37. The highest BCUT2D eigenvalue weighted by Crippen LogP contribution is 2.20. The van der Waals surface area contributed by atoms with Crippen LogP contribution in [0.25, 0.3) is 5.69 Å². The van der Waals surface area contributed by atoms with Gasteiger partial charge in [-0.05, 0) is 37.7 Å². The second-order valence-corrected chi connectivity index (χ2v) is 4.56. The average Bonchev–Trinajstić information content (AvgIpc) is 2.68. The first kappa shape index (κ1) is 11.4. The van der Waals surface area contributed by atoms with Gasteiger partial charge in [0, 0.05) is 17.2 Å². The van der Waals surface area contributed by atoms with E-state index in [0.717, 1.165) is 22.4 Å². The predicted molar refractivity (Wildman–Crippen MR) is 68.8 cm³/mol. The molecule has 0 aliphatic rings. The molecule has 0 saturated carbocycles. The molecule has 2 rings (SSSR count). The summed E-state index contributed by atoms with van der Waals surface area (Å²) in [5.41, 5.74) is 3.34. The Hall–Kier alpha value is -1.13. The van der Waals surface area contributed by atoms with Gasteiger partial charge in [-0.15, -0.1) is 0 Å². The standard InChI is InChI=1S/C12H14BrN3/c1-9-5-6-16(15-9)11-4-3-10(8-14-2)12(13)7-11/h3-7,14H,8H2,1-2H3. The minimum absolute atomic E-state index is 0.860. The molecule has 0 amide bonds. The van der Waals surface area contributed by atoms with Crippen molar-refractivity contribution in [2.24, 2.45) is 0 Å². The van der Waals surface area contributed by atoms with Crippen molar-refractivity contribution in [3.63, 3.8) is 0 Å². The predicted octanol–water partition coefficient (Wildman–Crippen LogP) is 2.66. The summed E-state index contributed by atoms with van der Waals surface area (Å²) in [7, 11) is 1.94. The van der Waals surface area contributed by atoms with Crippen LogP contribution in [0, 0.1) is 6.92 Å². The molecule has 0 bridgehead atoms. The number of nitrogens with zero attached hydrogens (tertiary/aromatic N) is 2. The lowest BCUT2D eigenvalue weighted by Gasteiger charge is -2.07. The normalized spacial score (nSPS) is 10.7. The Kier molecular flexibility index (Phi) is 3.41. The van der Waals surface area contributed by atoms with E-state index in [1.165, 1.54) is 5.56 Å². The quantitative estimate of drug-likeness (QED) is 0.936. The van der Waals surface area contributed by atoms with Crippen LogP contribution in [0.1, 0.15) is 11.3 Å². The smallest absolute Gasteiger partial charge is 0.0657 e. The van der Waals surface area contributed by atoms with Crippen molar-refractivity contribution in [2.75, 3.05) is 7.05 Å². The van der Waals surface area contributed by atoms with E-state index in [1.54, 1.807) is 0 Å². The first-order valence-corrected chi connectivity index (χ1v) is 5.95. The number of aryl methyl sites for hydroxylation is 1. The van der Waals surface area contributed by atoms with Crippen LogP contribution in [0.3, 0.4) is 0 Å². The highest BCUT2D eigenvalue weighted by molar-refractivity contribution is 9.10. The van der Waals surface area contributed by atoms with Crippen LogP contribution in [0.5, 0.6) is 0 Å². The highest BCUT2D eigenvalue weighted by Gasteiger charge is 2.03. The molecule has 0 unspecified atom stereocenters. The van der Waals surface area contributed by atoms with Crippen LogP contribution < -0.4 is 5.32 Å². The molecule has 0 fully saturated rings. The lowest BCUT2D eigenvalue weighted by Crippen LogP contribution is -2.06. The Balaban J connectivity index is 2.34. The Bertz CT molecular complexity index is 491. The molecule has 84 valence electrons. The van der Waals surface area contributed by atoms with Crippen molar-refractivity contribution in [3.8, 4) is 5.69 Å². The van der Waals surface area contributed by atoms with Crippen LogP contribution in [0.2, 0.25) is 0 Å². The third-order valence-corrected chi connectivity index (χ3v) is 3.13. The van der Waals surface area contributed by atoms with Gasteiger partial charge < -0.3 is 5.32 Å². The Morgan fingerprint density at radius 3 is 2.75 bits per heavy atom. The molecule has 0 aliphatic heterocycles. The third kappa shape index (κ3) is 2.33. The summed E-state index contributed by atoms with van der Waals surface area (Å²) >= 11 is 3.57. The lowest BCUT2D eigenvalue weighted by molar-refractivity contribution is 0.810. The molecule has 4 heteroatoms. The molecule has 1 aromatic heterocycles. The van der Waals surface area contributed by atoms with E-state index >= 15 is 0 Å². The van der Waals surface area contributed by atoms with Crippen molar-refractivity contribution < 1.29 is 0 Å². The molecule has 1 N–H and O–H groups in total. The second kappa shape index (κ2) is 4.80. The van der Waals surface area contributed by atoms with E-state index in [0.29, 0.717) is 0 Å². The van der Waals surface area contributed by atoms with Crippen molar-refractivity contribution in [1.29, 1.82) is 0 Å². The number of halogens is 1. The minimum Gasteiger partial charge on any atom is -0.316 e. The van der Waals surface area contributed by atoms with Gasteiger partial charge in [-0.3, -0.25) is 0 Å². The summed E-state index contributed by atoms with van der Waals surface area (Å²) in [6.07, 6.45) is 1.97. The number of hydrogen-bond acceptors (Lipinski definition) is 2. The molecular formula is C12H14BrN3. The van der Waals surface area contributed by atoms with Crippen LogP contribution in [-0.4, -0.2) is 16.8 Å². The molecule has 2 aromatic rings. The molecule has 3 nitrogen and oxygen atoms in total. The topological polar surface area (TPSA) is 29.9 Å². The molecule has 0 spiro atoms. The van der Waals surface area contributed by atoms with E-state index < -0.39 is 0 Å². The molecule has 0 atom stereocenters. The maximum absolute atomic E-state index is 4.38. The average molecular weight is 280 g/mol. The highest BCUT2D eigenvalue weighted by atomic mass is 79.9.